The Labute approximate surface area is 119 Å². The molecule has 1 aliphatic rings. The summed E-state index contributed by atoms with van der Waals surface area (Å²) in [5.41, 5.74) is 3.87. The Morgan fingerprint density at radius 3 is 3.10 bits per heavy atom. The number of hydrogen-bond acceptors (Lipinski definition) is 3. The lowest BCUT2D eigenvalue weighted by atomic mass is 9.91. The van der Waals surface area contributed by atoms with Gasteiger partial charge in [0.25, 0.3) is 0 Å². The van der Waals surface area contributed by atoms with Gasteiger partial charge < -0.3 is 10.1 Å². The molecule has 1 N–H and O–H groups in total. The minimum absolute atomic E-state index is 0.211. The zero-order valence-corrected chi connectivity index (χ0v) is 12.1. The Hall–Kier alpha value is -1.81. The molecule has 0 radical (unpaired) electrons. The number of benzene rings is 1. The number of aromatic nitrogens is 2. The van der Waals surface area contributed by atoms with Gasteiger partial charge in [-0.1, -0.05) is 19.1 Å². The summed E-state index contributed by atoms with van der Waals surface area (Å²) in [6.07, 6.45) is 3.99. The Morgan fingerprint density at radius 2 is 2.30 bits per heavy atom. The molecule has 0 amide bonds. The number of rotatable bonds is 4. The third-order valence-corrected chi connectivity index (χ3v) is 3.90. The van der Waals surface area contributed by atoms with E-state index in [1.807, 2.05) is 12.3 Å². The predicted molar refractivity (Wildman–Crippen MR) is 79.1 cm³/mol. The van der Waals surface area contributed by atoms with Gasteiger partial charge in [-0.25, -0.2) is 0 Å². The molecule has 0 bridgehead atoms. The molecule has 106 valence electrons. The first kappa shape index (κ1) is 13.2. The molecular formula is C16H21N3O. The maximum absolute atomic E-state index is 5.51. The van der Waals surface area contributed by atoms with E-state index < -0.39 is 0 Å². The van der Waals surface area contributed by atoms with E-state index >= 15 is 0 Å². The van der Waals surface area contributed by atoms with Crippen LogP contribution in [0.1, 0.15) is 36.2 Å². The summed E-state index contributed by atoms with van der Waals surface area (Å²) in [5.74, 6) is 0.996. The maximum atomic E-state index is 5.51. The van der Waals surface area contributed by atoms with Crippen molar-refractivity contribution in [2.75, 3.05) is 13.7 Å². The van der Waals surface area contributed by atoms with Gasteiger partial charge in [0.2, 0.25) is 0 Å². The van der Waals surface area contributed by atoms with Crippen LogP contribution in [0.5, 0.6) is 5.75 Å². The van der Waals surface area contributed by atoms with E-state index in [4.69, 9.17) is 4.74 Å². The first-order valence-electron chi connectivity index (χ1n) is 7.26. The summed E-state index contributed by atoms with van der Waals surface area (Å²) >= 11 is 0. The first-order chi connectivity index (χ1) is 9.85. The maximum Gasteiger partial charge on any atom is 0.122 e. The van der Waals surface area contributed by atoms with Gasteiger partial charge >= 0.3 is 0 Å². The van der Waals surface area contributed by atoms with E-state index in [1.165, 1.54) is 16.8 Å². The van der Waals surface area contributed by atoms with Crippen molar-refractivity contribution < 1.29 is 4.74 Å². The Bertz CT molecular complexity index is 591. The summed E-state index contributed by atoms with van der Waals surface area (Å²) in [6, 6.07) is 8.63. The molecule has 4 heteroatoms. The molecule has 1 aromatic carbocycles. The van der Waals surface area contributed by atoms with Crippen molar-refractivity contribution in [2.45, 2.75) is 32.4 Å². The molecule has 2 aromatic rings. The van der Waals surface area contributed by atoms with Gasteiger partial charge in [0.15, 0.2) is 0 Å². The third-order valence-electron chi connectivity index (χ3n) is 3.90. The van der Waals surface area contributed by atoms with Gasteiger partial charge in [-0.3, -0.25) is 4.68 Å². The number of nitrogens with zero attached hydrogens (tertiary/aromatic N) is 2. The van der Waals surface area contributed by atoms with Crippen LogP contribution in [0, 0.1) is 0 Å². The number of aryl methyl sites for hydroxylation is 1. The molecule has 4 nitrogen and oxygen atoms in total. The zero-order chi connectivity index (χ0) is 13.9. The summed E-state index contributed by atoms with van der Waals surface area (Å²) in [5, 5.41) is 8.05. The van der Waals surface area contributed by atoms with E-state index in [9.17, 15) is 0 Å². The number of methoxy groups -OCH3 is 1. The van der Waals surface area contributed by atoms with E-state index in [-0.39, 0.29) is 6.04 Å². The van der Waals surface area contributed by atoms with Crippen molar-refractivity contribution in [3.05, 3.63) is 47.3 Å². The van der Waals surface area contributed by atoms with Crippen molar-refractivity contribution in [1.29, 1.82) is 0 Å². The summed E-state index contributed by atoms with van der Waals surface area (Å²) in [4.78, 5) is 0. The topological polar surface area (TPSA) is 39.1 Å². The lowest BCUT2D eigenvalue weighted by molar-refractivity contribution is 0.402. The lowest BCUT2D eigenvalue weighted by Crippen LogP contribution is -2.32. The molecule has 3 rings (SSSR count). The van der Waals surface area contributed by atoms with Gasteiger partial charge in [0.1, 0.15) is 5.75 Å². The molecule has 1 unspecified atom stereocenters. The summed E-state index contributed by atoms with van der Waals surface area (Å²) in [6.45, 7) is 4.10. The highest BCUT2D eigenvalue weighted by Crippen LogP contribution is 2.33. The van der Waals surface area contributed by atoms with Gasteiger partial charge in [-0.05, 0) is 30.5 Å². The molecule has 0 aliphatic carbocycles. The zero-order valence-electron chi connectivity index (χ0n) is 12.1. The molecule has 0 saturated heterocycles. The fourth-order valence-electron chi connectivity index (χ4n) is 3.01. The second kappa shape index (κ2) is 5.67. The van der Waals surface area contributed by atoms with Crippen LogP contribution in [-0.2, 0) is 13.0 Å². The highest BCUT2D eigenvalue weighted by Gasteiger charge is 2.25. The smallest absolute Gasteiger partial charge is 0.122 e. The minimum Gasteiger partial charge on any atom is -0.496 e. The molecular weight excluding hydrogens is 250 g/mol. The van der Waals surface area contributed by atoms with Crippen LogP contribution in [0.2, 0.25) is 0 Å². The molecule has 1 aliphatic heterocycles. The second-order valence-corrected chi connectivity index (χ2v) is 5.14. The molecule has 0 spiro atoms. The highest BCUT2D eigenvalue weighted by molar-refractivity contribution is 5.46. The largest absolute Gasteiger partial charge is 0.496 e. The van der Waals surface area contributed by atoms with E-state index in [1.54, 1.807) is 7.11 Å². The highest BCUT2D eigenvalue weighted by atomic mass is 16.5. The van der Waals surface area contributed by atoms with Crippen LogP contribution in [0.3, 0.4) is 0 Å². The SMILES string of the molecule is CCCn1nccc1C1NCCc2c(OC)cccc21. The number of hydrogen-bond donors (Lipinski definition) is 1. The molecule has 1 atom stereocenters. The molecule has 20 heavy (non-hydrogen) atoms. The second-order valence-electron chi connectivity index (χ2n) is 5.14. The number of nitrogens with one attached hydrogen (secondary N) is 1. The summed E-state index contributed by atoms with van der Waals surface area (Å²) in [7, 11) is 1.74. The van der Waals surface area contributed by atoms with Gasteiger partial charge in [0, 0.05) is 24.8 Å². The van der Waals surface area contributed by atoms with Crippen LogP contribution in [0.25, 0.3) is 0 Å². The monoisotopic (exact) mass is 271 g/mol. The molecule has 1 aromatic heterocycles. The fourth-order valence-corrected chi connectivity index (χ4v) is 3.01. The van der Waals surface area contributed by atoms with Gasteiger partial charge in [0.05, 0.1) is 18.8 Å². The Balaban J connectivity index is 2.03. The van der Waals surface area contributed by atoms with Crippen molar-refractivity contribution in [3.8, 4) is 5.75 Å². The molecule has 0 fully saturated rings. The van der Waals surface area contributed by atoms with Gasteiger partial charge in [-0.15, -0.1) is 0 Å². The molecule has 0 saturated carbocycles. The summed E-state index contributed by atoms with van der Waals surface area (Å²) < 4.78 is 7.61. The van der Waals surface area contributed by atoms with Crippen LogP contribution in [0.4, 0.5) is 0 Å². The Kier molecular flexibility index (Phi) is 3.74. The third kappa shape index (κ3) is 2.20. The predicted octanol–water partition coefficient (Wildman–Crippen LogP) is 2.54. The van der Waals surface area contributed by atoms with Crippen LogP contribution in [-0.4, -0.2) is 23.4 Å². The standard InChI is InChI=1S/C16H21N3O/c1-3-11-19-14(8-10-18-19)16-13-5-4-6-15(20-2)12(13)7-9-17-16/h4-6,8,10,16-17H,3,7,9,11H2,1-2H3. The molecule has 2 heterocycles. The van der Waals surface area contributed by atoms with Crippen molar-refractivity contribution >= 4 is 0 Å². The Morgan fingerprint density at radius 1 is 1.40 bits per heavy atom. The van der Waals surface area contributed by atoms with Crippen molar-refractivity contribution in [1.82, 2.24) is 15.1 Å². The fraction of sp³-hybridized carbons (Fsp3) is 0.438. The van der Waals surface area contributed by atoms with Crippen LogP contribution < -0.4 is 10.1 Å². The normalized spacial score (nSPS) is 17.8. The lowest BCUT2D eigenvalue weighted by Gasteiger charge is -2.28. The quantitative estimate of drug-likeness (QED) is 0.929. The van der Waals surface area contributed by atoms with Crippen molar-refractivity contribution in [2.24, 2.45) is 0 Å². The van der Waals surface area contributed by atoms with Gasteiger partial charge in [-0.2, -0.15) is 5.10 Å². The van der Waals surface area contributed by atoms with E-state index in [2.05, 4.69) is 40.2 Å². The minimum atomic E-state index is 0.211. The van der Waals surface area contributed by atoms with Crippen LogP contribution >= 0.6 is 0 Å². The van der Waals surface area contributed by atoms with E-state index in [0.29, 0.717) is 0 Å². The van der Waals surface area contributed by atoms with E-state index in [0.717, 1.165) is 31.7 Å². The van der Waals surface area contributed by atoms with Crippen LogP contribution in [0.15, 0.2) is 30.5 Å². The average molecular weight is 271 g/mol. The number of fused-ring (bicyclic) bond motifs is 1. The average Bonchev–Trinajstić information content (AvgIpc) is 2.94. The van der Waals surface area contributed by atoms with Crippen molar-refractivity contribution in [3.63, 3.8) is 0 Å². The number of ether oxygens (including phenoxy) is 1. The first-order valence-corrected chi connectivity index (χ1v) is 7.26.